The van der Waals surface area contributed by atoms with E-state index in [1.54, 1.807) is 0 Å². The molecule has 0 saturated heterocycles. The van der Waals surface area contributed by atoms with Crippen LogP contribution in [0.25, 0.3) is 16.5 Å². The van der Waals surface area contributed by atoms with E-state index < -0.39 is 0 Å². The Bertz CT molecular complexity index is 1430. The van der Waals surface area contributed by atoms with E-state index in [0.717, 1.165) is 11.1 Å². The summed E-state index contributed by atoms with van der Waals surface area (Å²) in [5.41, 5.74) is 9.49. The molecular formula is C29H25NO2. The van der Waals surface area contributed by atoms with E-state index in [1.165, 1.54) is 45.9 Å². The number of rotatable bonds is 2. The van der Waals surface area contributed by atoms with E-state index in [9.17, 15) is 4.79 Å². The van der Waals surface area contributed by atoms with Crippen molar-refractivity contribution in [2.75, 3.05) is 7.11 Å². The Morgan fingerprint density at radius 1 is 0.969 bits per heavy atom. The Balaban J connectivity index is 1.76. The standard InChI is InChI=1S/C29H25NO2/c1-29(18-10-5-4-6-11-18)23-14-8-7-12-20(23)26-22-17-30(2)25-15-9-13-19(27(22)25)21(16-24(26)29)28(31)32-3/h4-15,17,21H,16H2,1-3H3/t21-,29+/m1/s1. The third kappa shape index (κ3) is 2.34. The van der Waals surface area contributed by atoms with E-state index in [0.29, 0.717) is 6.42 Å². The zero-order chi connectivity index (χ0) is 22.0. The Labute approximate surface area is 188 Å². The van der Waals surface area contributed by atoms with E-state index in [4.69, 9.17) is 4.74 Å². The number of fused-ring (bicyclic) bond motifs is 3. The summed E-state index contributed by atoms with van der Waals surface area (Å²) in [6.07, 6.45) is 2.87. The number of hydrogen-bond acceptors (Lipinski definition) is 2. The molecule has 1 heterocycles. The van der Waals surface area contributed by atoms with Gasteiger partial charge in [-0.25, -0.2) is 0 Å². The molecule has 0 spiro atoms. The van der Waals surface area contributed by atoms with Gasteiger partial charge >= 0.3 is 5.97 Å². The lowest BCUT2D eigenvalue weighted by molar-refractivity contribution is -0.142. The average molecular weight is 420 g/mol. The van der Waals surface area contributed by atoms with Crippen LogP contribution in [0.2, 0.25) is 0 Å². The highest BCUT2D eigenvalue weighted by Crippen LogP contribution is 2.57. The van der Waals surface area contributed by atoms with Crippen LogP contribution in [0.4, 0.5) is 0 Å². The maximum absolute atomic E-state index is 13.1. The molecule has 1 aromatic heterocycles. The second kappa shape index (κ2) is 6.70. The van der Waals surface area contributed by atoms with Crippen molar-refractivity contribution in [3.63, 3.8) is 0 Å². The van der Waals surface area contributed by atoms with Crippen LogP contribution in [0.1, 0.15) is 47.1 Å². The lowest BCUT2D eigenvalue weighted by atomic mass is 9.70. The molecule has 3 heteroatoms. The molecule has 0 radical (unpaired) electrons. The van der Waals surface area contributed by atoms with Crippen molar-refractivity contribution < 1.29 is 9.53 Å². The normalized spacial score (nSPS) is 21.3. The molecule has 0 unspecified atom stereocenters. The van der Waals surface area contributed by atoms with Crippen LogP contribution in [0.15, 0.2) is 84.6 Å². The van der Waals surface area contributed by atoms with Crippen molar-refractivity contribution in [1.82, 2.24) is 4.57 Å². The van der Waals surface area contributed by atoms with Crippen molar-refractivity contribution in [3.05, 3.63) is 112 Å². The fraction of sp³-hybridized carbons (Fsp3) is 0.207. The SMILES string of the molecule is COC(=O)[C@@H]1CC2=C(c3ccccc3[C@]2(C)c2ccccc2)c2cn(C)c3cccc1c23. The lowest BCUT2D eigenvalue weighted by Gasteiger charge is -2.32. The Morgan fingerprint density at radius 2 is 1.72 bits per heavy atom. The first kappa shape index (κ1) is 19.1. The van der Waals surface area contributed by atoms with E-state index in [-0.39, 0.29) is 17.3 Å². The minimum atomic E-state index is -0.338. The second-order valence-corrected chi connectivity index (χ2v) is 9.07. The summed E-state index contributed by atoms with van der Waals surface area (Å²) in [7, 11) is 3.58. The number of allylic oxidation sites excluding steroid dienone is 1. The Morgan fingerprint density at radius 3 is 2.50 bits per heavy atom. The molecule has 2 atom stereocenters. The predicted octanol–water partition coefficient (Wildman–Crippen LogP) is 5.96. The Kier molecular flexibility index (Phi) is 4.00. The molecule has 0 fully saturated rings. The fourth-order valence-electron chi connectivity index (χ4n) is 6.05. The van der Waals surface area contributed by atoms with Crippen LogP contribution >= 0.6 is 0 Å². The highest BCUT2D eigenvalue weighted by molar-refractivity contribution is 6.06. The molecule has 3 aromatic carbocycles. The van der Waals surface area contributed by atoms with Gasteiger partial charge in [-0.1, -0.05) is 66.7 Å². The van der Waals surface area contributed by atoms with Crippen LogP contribution in [-0.4, -0.2) is 17.6 Å². The summed E-state index contributed by atoms with van der Waals surface area (Å²) < 4.78 is 7.51. The van der Waals surface area contributed by atoms with Crippen molar-refractivity contribution in [2.24, 2.45) is 7.05 Å². The summed E-state index contributed by atoms with van der Waals surface area (Å²) in [5.74, 6) is -0.512. The number of benzene rings is 3. The van der Waals surface area contributed by atoms with Gasteiger partial charge in [-0.05, 0) is 52.8 Å². The van der Waals surface area contributed by atoms with Gasteiger partial charge in [0.2, 0.25) is 0 Å². The monoisotopic (exact) mass is 419 g/mol. The Hall–Kier alpha value is -3.59. The van der Waals surface area contributed by atoms with Crippen LogP contribution in [0, 0.1) is 0 Å². The molecule has 32 heavy (non-hydrogen) atoms. The number of nitrogens with zero attached hydrogens (tertiary/aromatic N) is 1. The summed E-state index contributed by atoms with van der Waals surface area (Å²) in [6.45, 7) is 2.31. The zero-order valence-corrected chi connectivity index (χ0v) is 18.6. The van der Waals surface area contributed by atoms with Gasteiger partial charge in [-0.3, -0.25) is 4.79 Å². The average Bonchev–Trinajstić information content (AvgIpc) is 3.24. The molecule has 3 nitrogen and oxygen atoms in total. The zero-order valence-electron chi connectivity index (χ0n) is 18.6. The van der Waals surface area contributed by atoms with Crippen molar-refractivity contribution in [2.45, 2.75) is 24.7 Å². The first-order chi connectivity index (χ1) is 15.6. The van der Waals surface area contributed by atoms with Gasteiger partial charge in [0.25, 0.3) is 0 Å². The first-order valence-corrected chi connectivity index (χ1v) is 11.1. The minimum absolute atomic E-state index is 0.174. The molecule has 6 rings (SSSR count). The maximum Gasteiger partial charge on any atom is 0.313 e. The molecule has 2 aliphatic rings. The van der Waals surface area contributed by atoms with E-state index in [2.05, 4.69) is 97.5 Å². The first-order valence-electron chi connectivity index (χ1n) is 11.1. The number of esters is 1. The molecular weight excluding hydrogens is 394 g/mol. The summed E-state index contributed by atoms with van der Waals surface area (Å²) in [5, 5.41) is 1.17. The highest BCUT2D eigenvalue weighted by Gasteiger charge is 2.46. The summed E-state index contributed by atoms with van der Waals surface area (Å²) >= 11 is 0. The van der Waals surface area contributed by atoms with Crippen molar-refractivity contribution in [3.8, 4) is 0 Å². The number of aromatic nitrogens is 1. The predicted molar refractivity (Wildman–Crippen MR) is 128 cm³/mol. The van der Waals surface area contributed by atoms with Gasteiger partial charge in [0.15, 0.2) is 0 Å². The molecule has 2 aliphatic carbocycles. The largest absolute Gasteiger partial charge is 0.469 e. The van der Waals surface area contributed by atoms with Crippen LogP contribution in [-0.2, 0) is 22.0 Å². The lowest BCUT2D eigenvalue weighted by Crippen LogP contribution is -2.26. The van der Waals surface area contributed by atoms with Crippen LogP contribution < -0.4 is 0 Å². The third-order valence-electron chi connectivity index (χ3n) is 7.58. The third-order valence-corrected chi connectivity index (χ3v) is 7.58. The molecule has 4 aromatic rings. The minimum Gasteiger partial charge on any atom is -0.469 e. The topological polar surface area (TPSA) is 31.2 Å². The van der Waals surface area contributed by atoms with E-state index in [1.807, 2.05) is 0 Å². The van der Waals surface area contributed by atoms with Gasteiger partial charge < -0.3 is 9.30 Å². The molecule has 158 valence electrons. The number of ether oxygens (including phenoxy) is 1. The van der Waals surface area contributed by atoms with Crippen molar-refractivity contribution >= 4 is 22.4 Å². The van der Waals surface area contributed by atoms with Crippen LogP contribution in [0.5, 0.6) is 0 Å². The fourth-order valence-corrected chi connectivity index (χ4v) is 6.05. The number of carbonyl (C=O) groups excluding carboxylic acids is 1. The van der Waals surface area contributed by atoms with Gasteiger partial charge in [0, 0.05) is 35.1 Å². The van der Waals surface area contributed by atoms with Gasteiger partial charge in [0.1, 0.15) is 0 Å². The highest BCUT2D eigenvalue weighted by atomic mass is 16.5. The maximum atomic E-state index is 13.1. The number of hydrogen-bond donors (Lipinski definition) is 0. The molecule has 0 aliphatic heterocycles. The van der Waals surface area contributed by atoms with Gasteiger partial charge in [-0.15, -0.1) is 0 Å². The van der Waals surface area contributed by atoms with Gasteiger partial charge in [-0.2, -0.15) is 0 Å². The van der Waals surface area contributed by atoms with Crippen molar-refractivity contribution in [1.29, 1.82) is 0 Å². The number of carbonyl (C=O) groups is 1. The molecule has 0 bridgehead atoms. The quantitative estimate of drug-likeness (QED) is 0.375. The molecule has 0 N–H and O–H groups in total. The number of aryl methyl sites for hydroxylation is 1. The summed E-state index contributed by atoms with van der Waals surface area (Å²) in [4.78, 5) is 13.1. The number of methoxy groups -OCH3 is 1. The molecule has 0 saturated carbocycles. The molecule has 0 amide bonds. The summed E-state index contributed by atoms with van der Waals surface area (Å²) in [6, 6.07) is 25.7. The van der Waals surface area contributed by atoms with Gasteiger partial charge in [0.05, 0.1) is 13.0 Å². The van der Waals surface area contributed by atoms with E-state index >= 15 is 0 Å². The van der Waals surface area contributed by atoms with Crippen LogP contribution in [0.3, 0.4) is 0 Å². The smallest absolute Gasteiger partial charge is 0.313 e. The second-order valence-electron chi connectivity index (χ2n) is 9.07.